The summed E-state index contributed by atoms with van der Waals surface area (Å²) in [5.41, 5.74) is 5.32. The Balaban J connectivity index is 1.45. The van der Waals surface area contributed by atoms with E-state index in [4.69, 9.17) is 9.72 Å². The summed E-state index contributed by atoms with van der Waals surface area (Å²) in [6.45, 7) is 3.93. The third kappa shape index (κ3) is 4.07. The SMILES string of the molecule is COc1ccc(-c2cccc3nc(C4CN(C(=O)c5cccc(C)n5)CCN4C)cn23)cc1. The van der Waals surface area contributed by atoms with Gasteiger partial charge in [0.2, 0.25) is 0 Å². The predicted molar refractivity (Wildman–Crippen MR) is 127 cm³/mol. The summed E-state index contributed by atoms with van der Waals surface area (Å²) in [4.78, 5) is 26.6. The van der Waals surface area contributed by atoms with Crippen molar-refractivity contribution in [1.82, 2.24) is 24.2 Å². The molecular formula is C26H27N5O2. The number of aromatic nitrogens is 3. The molecule has 3 aromatic heterocycles. The average molecular weight is 442 g/mol. The maximum Gasteiger partial charge on any atom is 0.272 e. The van der Waals surface area contributed by atoms with Gasteiger partial charge in [-0.1, -0.05) is 12.1 Å². The second kappa shape index (κ2) is 8.67. The van der Waals surface area contributed by atoms with Crippen LogP contribution < -0.4 is 4.74 Å². The first-order valence-electron chi connectivity index (χ1n) is 11.1. The number of carbonyl (C=O) groups excluding carboxylic acids is 1. The predicted octanol–water partition coefficient (Wildman–Crippen LogP) is 3.84. The lowest BCUT2D eigenvalue weighted by atomic mass is 10.1. The number of amides is 1. The summed E-state index contributed by atoms with van der Waals surface area (Å²) in [6, 6.07) is 19.7. The molecule has 0 saturated carbocycles. The normalized spacial score (nSPS) is 16.8. The van der Waals surface area contributed by atoms with E-state index < -0.39 is 0 Å². The molecule has 7 heteroatoms. The van der Waals surface area contributed by atoms with Crippen LogP contribution >= 0.6 is 0 Å². The highest BCUT2D eigenvalue weighted by molar-refractivity contribution is 5.92. The molecule has 4 aromatic rings. The first-order valence-corrected chi connectivity index (χ1v) is 11.1. The lowest BCUT2D eigenvalue weighted by Gasteiger charge is -2.38. The van der Waals surface area contributed by atoms with E-state index in [2.05, 4.69) is 45.7 Å². The van der Waals surface area contributed by atoms with Gasteiger partial charge in [-0.25, -0.2) is 9.97 Å². The molecule has 33 heavy (non-hydrogen) atoms. The van der Waals surface area contributed by atoms with Crippen molar-refractivity contribution in [3.63, 3.8) is 0 Å². The van der Waals surface area contributed by atoms with E-state index in [1.807, 2.05) is 48.2 Å². The Morgan fingerprint density at radius 3 is 2.55 bits per heavy atom. The number of rotatable bonds is 4. The molecule has 0 radical (unpaired) electrons. The fourth-order valence-electron chi connectivity index (χ4n) is 4.39. The standard InChI is InChI=1S/C26H27N5O2/c1-18-6-4-7-21(27-18)26(32)30-15-14-29(2)24(17-30)22-16-31-23(8-5-9-25(31)28-22)19-10-12-20(33-3)13-11-19/h4-13,16,24H,14-15,17H2,1-3H3. The zero-order valence-electron chi connectivity index (χ0n) is 19.1. The van der Waals surface area contributed by atoms with E-state index >= 15 is 0 Å². The van der Waals surface area contributed by atoms with Gasteiger partial charge in [-0.05, 0) is 68.1 Å². The number of nitrogens with zero attached hydrogens (tertiary/aromatic N) is 5. The number of hydrogen-bond acceptors (Lipinski definition) is 5. The number of likely N-dealkylation sites (N-methyl/N-ethyl adjacent to an activating group) is 1. The molecule has 0 aliphatic carbocycles. The van der Waals surface area contributed by atoms with E-state index in [9.17, 15) is 4.79 Å². The first-order chi connectivity index (χ1) is 16.0. The molecule has 0 spiro atoms. The highest BCUT2D eigenvalue weighted by atomic mass is 16.5. The van der Waals surface area contributed by atoms with Crippen LogP contribution in [0.5, 0.6) is 5.75 Å². The van der Waals surface area contributed by atoms with Gasteiger partial charge in [0, 0.05) is 31.5 Å². The summed E-state index contributed by atoms with van der Waals surface area (Å²) in [6.07, 6.45) is 2.09. The fraction of sp³-hybridized carbons (Fsp3) is 0.269. The van der Waals surface area contributed by atoms with Gasteiger partial charge in [0.1, 0.15) is 17.1 Å². The minimum absolute atomic E-state index is 0.0103. The number of carbonyl (C=O) groups is 1. The highest BCUT2D eigenvalue weighted by Crippen LogP contribution is 2.28. The number of imidazole rings is 1. The third-order valence-corrected chi connectivity index (χ3v) is 6.28. The van der Waals surface area contributed by atoms with Crippen molar-refractivity contribution < 1.29 is 9.53 Å². The molecule has 1 saturated heterocycles. The molecule has 0 bridgehead atoms. The Hall–Kier alpha value is -3.71. The Bertz CT molecular complexity index is 1300. The fourth-order valence-corrected chi connectivity index (χ4v) is 4.39. The second-order valence-electron chi connectivity index (χ2n) is 8.45. The number of fused-ring (bicyclic) bond motifs is 1. The van der Waals surface area contributed by atoms with Crippen molar-refractivity contribution in [2.24, 2.45) is 0 Å². The summed E-state index contributed by atoms with van der Waals surface area (Å²) in [7, 11) is 3.76. The van der Waals surface area contributed by atoms with Crippen molar-refractivity contribution in [3.05, 3.63) is 83.9 Å². The van der Waals surface area contributed by atoms with Crippen LogP contribution in [0.3, 0.4) is 0 Å². The highest BCUT2D eigenvalue weighted by Gasteiger charge is 2.31. The molecule has 0 N–H and O–H groups in total. The van der Waals surface area contributed by atoms with Crippen LogP contribution in [-0.4, -0.2) is 63.9 Å². The number of hydrogen-bond donors (Lipinski definition) is 0. The van der Waals surface area contributed by atoms with E-state index in [1.54, 1.807) is 13.2 Å². The molecule has 1 aliphatic rings. The Kier molecular flexibility index (Phi) is 5.56. The van der Waals surface area contributed by atoms with Crippen molar-refractivity contribution in [2.75, 3.05) is 33.8 Å². The first kappa shape index (κ1) is 21.2. The molecule has 7 nitrogen and oxygen atoms in total. The third-order valence-electron chi connectivity index (χ3n) is 6.28. The van der Waals surface area contributed by atoms with Gasteiger partial charge in [0.05, 0.1) is 24.5 Å². The molecule has 4 heterocycles. The molecule has 5 rings (SSSR count). The number of piperazine rings is 1. The average Bonchev–Trinajstić information content (AvgIpc) is 3.28. The van der Waals surface area contributed by atoms with Gasteiger partial charge in [-0.15, -0.1) is 0 Å². The van der Waals surface area contributed by atoms with E-state index in [0.717, 1.165) is 40.6 Å². The number of pyridine rings is 2. The van der Waals surface area contributed by atoms with Gasteiger partial charge in [-0.3, -0.25) is 14.1 Å². The van der Waals surface area contributed by atoms with Crippen molar-refractivity contribution in [1.29, 1.82) is 0 Å². The lowest BCUT2D eigenvalue weighted by Crippen LogP contribution is -2.49. The molecule has 1 amide bonds. The molecule has 1 atom stereocenters. The second-order valence-corrected chi connectivity index (χ2v) is 8.45. The largest absolute Gasteiger partial charge is 0.497 e. The summed E-state index contributed by atoms with van der Waals surface area (Å²) in [5.74, 6) is 0.799. The minimum atomic E-state index is -0.0283. The topological polar surface area (TPSA) is 63.0 Å². The number of benzene rings is 1. The lowest BCUT2D eigenvalue weighted by molar-refractivity contribution is 0.0535. The number of ether oxygens (including phenoxy) is 1. The maximum atomic E-state index is 13.1. The molecule has 1 aromatic carbocycles. The Morgan fingerprint density at radius 1 is 1.00 bits per heavy atom. The summed E-state index contributed by atoms with van der Waals surface area (Å²) in [5, 5.41) is 0. The summed E-state index contributed by atoms with van der Waals surface area (Å²) < 4.78 is 7.41. The van der Waals surface area contributed by atoms with E-state index in [0.29, 0.717) is 18.8 Å². The number of aryl methyl sites for hydroxylation is 1. The quantitative estimate of drug-likeness (QED) is 0.482. The van der Waals surface area contributed by atoms with Crippen LogP contribution in [0, 0.1) is 6.92 Å². The minimum Gasteiger partial charge on any atom is -0.497 e. The van der Waals surface area contributed by atoms with Gasteiger partial charge in [0.25, 0.3) is 5.91 Å². The smallest absolute Gasteiger partial charge is 0.272 e. The zero-order chi connectivity index (χ0) is 22.9. The van der Waals surface area contributed by atoms with Crippen LogP contribution in [0.25, 0.3) is 16.9 Å². The van der Waals surface area contributed by atoms with Crippen LogP contribution in [-0.2, 0) is 0 Å². The Labute approximate surface area is 193 Å². The monoisotopic (exact) mass is 441 g/mol. The Morgan fingerprint density at radius 2 is 1.79 bits per heavy atom. The maximum absolute atomic E-state index is 13.1. The molecule has 1 unspecified atom stereocenters. The van der Waals surface area contributed by atoms with E-state index in [-0.39, 0.29) is 11.9 Å². The van der Waals surface area contributed by atoms with E-state index in [1.165, 1.54) is 0 Å². The van der Waals surface area contributed by atoms with Gasteiger partial charge in [-0.2, -0.15) is 0 Å². The van der Waals surface area contributed by atoms with Crippen molar-refractivity contribution in [3.8, 4) is 17.0 Å². The van der Waals surface area contributed by atoms with Gasteiger partial charge >= 0.3 is 0 Å². The zero-order valence-corrected chi connectivity index (χ0v) is 19.1. The van der Waals surface area contributed by atoms with Gasteiger partial charge < -0.3 is 9.64 Å². The van der Waals surface area contributed by atoms with Crippen LogP contribution in [0.15, 0.2) is 66.9 Å². The summed E-state index contributed by atoms with van der Waals surface area (Å²) >= 11 is 0. The van der Waals surface area contributed by atoms with Crippen molar-refractivity contribution >= 4 is 11.6 Å². The van der Waals surface area contributed by atoms with Crippen molar-refractivity contribution in [2.45, 2.75) is 13.0 Å². The molecular weight excluding hydrogens is 414 g/mol. The van der Waals surface area contributed by atoms with Crippen LogP contribution in [0.4, 0.5) is 0 Å². The van der Waals surface area contributed by atoms with Crippen LogP contribution in [0.2, 0.25) is 0 Å². The molecule has 1 aliphatic heterocycles. The molecule has 1 fully saturated rings. The van der Waals surface area contributed by atoms with Gasteiger partial charge in [0.15, 0.2) is 0 Å². The molecule has 168 valence electrons. The number of methoxy groups -OCH3 is 1. The van der Waals surface area contributed by atoms with Crippen LogP contribution in [0.1, 0.15) is 27.9 Å².